The third kappa shape index (κ3) is 2.40. The van der Waals surface area contributed by atoms with Crippen molar-refractivity contribution in [1.82, 2.24) is 14.9 Å². The Morgan fingerprint density at radius 3 is 2.86 bits per heavy atom. The lowest BCUT2D eigenvalue weighted by Gasteiger charge is -2.36. The summed E-state index contributed by atoms with van der Waals surface area (Å²) in [4.78, 5) is 19.8. The molecule has 6 heteroatoms. The van der Waals surface area contributed by atoms with E-state index in [1.807, 2.05) is 18.2 Å². The molecule has 3 heterocycles. The maximum atomic E-state index is 12.8. The Morgan fingerprint density at radius 1 is 1.25 bits per heavy atom. The molecule has 0 unspecified atom stereocenters. The standard InChI is InChI=1S/C22H23BrN4O/c1-13-12-24-9-10-26(13)14-7-8-15-18(11-14)27-17-6-4-5-16(23)19(17)20(28)25-21(27)22(15,2)3/h4-8,11,13,24H,9-10,12H2,1-3H3/t13-/m1/s1. The number of rotatable bonds is 1. The number of hydrogen-bond donors (Lipinski definition) is 1. The van der Waals surface area contributed by atoms with Crippen molar-refractivity contribution in [2.45, 2.75) is 32.2 Å². The van der Waals surface area contributed by atoms with E-state index in [2.05, 4.69) is 74.7 Å². The number of benzene rings is 2. The zero-order chi connectivity index (χ0) is 19.6. The molecule has 0 radical (unpaired) electrons. The molecule has 3 aromatic rings. The van der Waals surface area contributed by atoms with E-state index < -0.39 is 0 Å². The van der Waals surface area contributed by atoms with Crippen LogP contribution in [0.2, 0.25) is 0 Å². The molecule has 1 saturated heterocycles. The third-order valence-corrected chi connectivity index (χ3v) is 6.81. The highest BCUT2D eigenvalue weighted by Gasteiger charge is 2.39. The summed E-state index contributed by atoms with van der Waals surface area (Å²) in [7, 11) is 0. The highest BCUT2D eigenvalue weighted by atomic mass is 79.9. The predicted octanol–water partition coefficient (Wildman–Crippen LogP) is 3.59. The molecule has 0 aliphatic carbocycles. The van der Waals surface area contributed by atoms with Gasteiger partial charge in [-0.15, -0.1) is 0 Å². The number of nitrogens with zero attached hydrogens (tertiary/aromatic N) is 3. The van der Waals surface area contributed by atoms with Crippen LogP contribution in [0.4, 0.5) is 5.69 Å². The summed E-state index contributed by atoms with van der Waals surface area (Å²) in [5, 5.41) is 4.09. The van der Waals surface area contributed by atoms with E-state index in [-0.39, 0.29) is 11.0 Å². The van der Waals surface area contributed by atoms with Crippen LogP contribution in [0, 0.1) is 0 Å². The molecular formula is C22H23BrN4O. The fourth-order valence-corrected chi connectivity index (χ4v) is 5.17. The smallest absolute Gasteiger partial charge is 0.281 e. The lowest BCUT2D eigenvalue weighted by Crippen LogP contribution is -2.49. The molecule has 0 amide bonds. The normalized spacial score (nSPS) is 20.3. The van der Waals surface area contributed by atoms with Gasteiger partial charge in [0.2, 0.25) is 0 Å². The quantitative estimate of drug-likeness (QED) is 0.630. The van der Waals surface area contributed by atoms with Crippen LogP contribution in [0.5, 0.6) is 0 Å². The first-order chi connectivity index (χ1) is 13.4. The number of hydrogen-bond acceptors (Lipinski definition) is 4. The molecule has 2 aliphatic rings. The van der Waals surface area contributed by atoms with Gasteiger partial charge in [0.15, 0.2) is 0 Å². The molecule has 2 aromatic carbocycles. The van der Waals surface area contributed by atoms with Crippen LogP contribution in [-0.4, -0.2) is 35.2 Å². The second kappa shape index (κ2) is 6.16. The van der Waals surface area contributed by atoms with Crippen LogP contribution < -0.4 is 15.8 Å². The summed E-state index contributed by atoms with van der Waals surface area (Å²) < 4.78 is 2.96. The zero-order valence-electron chi connectivity index (χ0n) is 16.3. The van der Waals surface area contributed by atoms with E-state index in [0.29, 0.717) is 11.4 Å². The number of piperazine rings is 1. The molecule has 5 nitrogen and oxygen atoms in total. The Morgan fingerprint density at radius 2 is 2.07 bits per heavy atom. The minimum atomic E-state index is -0.321. The van der Waals surface area contributed by atoms with E-state index in [0.717, 1.165) is 41.1 Å². The maximum absolute atomic E-state index is 12.8. The van der Waals surface area contributed by atoms with Gasteiger partial charge in [-0.25, -0.2) is 0 Å². The minimum absolute atomic E-state index is 0.175. The van der Waals surface area contributed by atoms with Crippen LogP contribution in [0.1, 0.15) is 32.2 Å². The van der Waals surface area contributed by atoms with E-state index >= 15 is 0 Å². The van der Waals surface area contributed by atoms with Crippen molar-refractivity contribution < 1.29 is 0 Å². The Bertz CT molecular complexity index is 1170. The van der Waals surface area contributed by atoms with Crippen LogP contribution in [-0.2, 0) is 5.41 Å². The maximum Gasteiger partial charge on any atom is 0.281 e. The molecule has 5 rings (SSSR count). The summed E-state index contributed by atoms with van der Waals surface area (Å²) in [5.41, 5.74) is 3.96. The lowest BCUT2D eigenvalue weighted by molar-refractivity contribution is 0.501. The van der Waals surface area contributed by atoms with Crippen molar-refractivity contribution >= 4 is 32.5 Å². The Hall–Kier alpha value is -2.18. The second-order valence-electron chi connectivity index (χ2n) is 8.28. The zero-order valence-corrected chi connectivity index (χ0v) is 17.9. The molecular weight excluding hydrogens is 416 g/mol. The molecule has 2 aliphatic heterocycles. The molecule has 1 aromatic heterocycles. The fraction of sp³-hybridized carbons (Fsp3) is 0.364. The van der Waals surface area contributed by atoms with Crippen molar-refractivity contribution in [3.63, 3.8) is 0 Å². The molecule has 28 heavy (non-hydrogen) atoms. The first kappa shape index (κ1) is 17.9. The lowest BCUT2D eigenvalue weighted by atomic mass is 9.85. The molecule has 144 valence electrons. The van der Waals surface area contributed by atoms with Crippen molar-refractivity contribution in [3.05, 3.63) is 62.6 Å². The highest BCUT2D eigenvalue weighted by molar-refractivity contribution is 9.10. The van der Waals surface area contributed by atoms with Crippen LogP contribution in [0.25, 0.3) is 16.6 Å². The van der Waals surface area contributed by atoms with Gasteiger partial charge in [-0.3, -0.25) is 9.36 Å². The summed E-state index contributed by atoms with van der Waals surface area (Å²) in [6.07, 6.45) is 0. The topological polar surface area (TPSA) is 50.2 Å². The number of anilines is 1. The van der Waals surface area contributed by atoms with Crippen molar-refractivity contribution in [1.29, 1.82) is 0 Å². The predicted molar refractivity (Wildman–Crippen MR) is 117 cm³/mol. The van der Waals surface area contributed by atoms with Gasteiger partial charge in [0.1, 0.15) is 5.82 Å². The first-order valence-corrected chi connectivity index (χ1v) is 10.5. The number of aromatic nitrogens is 2. The Kier molecular flexibility index (Phi) is 3.93. The average molecular weight is 439 g/mol. The van der Waals surface area contributed by atoms with E-state index in [4.69, 9.17) is 0 Å². The van der Waals surface area contributed by atoms with Gasteiger partial charge in [0.25, 0.3) is 5.56 Å². The highest BCUT2D eigenvalue weighted by Crippen LogP contribution is 2.44. The second-order valence-corrected chi connectivity index (χ2v) is 9.14. The minimum Gasteiger partial charge on any atom is -0.366 e. The molecule has 1 N–H and O–H groups in total. The van der Waals surface area contributed by atoms with E-state index in [1.165, 1.54) is 11.3 Å². The number of nitrogens with one attached hydrogen (secondary N) is 1. The Balaban J connectivity index is 1.80. The van der Waals surface area contributed by atoms with Gasteiger partial charge in [-0.05, 0) is 66.5 Å². The van der Waals surface area contributed by atoms with E-state index in [1.54, 1.807) is 0 Å². The van der Waals surface area contributed by atoms with Gasteiger partial charge in [0, 0.05) is 35.8 Å². The summed E-state index contributed by atoms with van der Waals surface area (Å²) in [5.74, 6) is 0.809. The SMILES string of the molecule is C[C@@H]1CNCCN1c1ccc2c(c1)-n1c(nc(=O)c3c(Br)cccc31)C2(C)C. The average Bonchev–Trinajstić information content (AvgIpc) is 2.89. The molecule has 0 saturated carbocycles. The molecule has 1 fully saturated rings. The largest absolute Gasteiger partial charge is 0.366 e. The molecule has 0 bridgehead atoms. The van der Waals surface area contributed by atoms with Crippen molar-refractivity contribution in [2.75, 3.05) is 24.5 Å². The van der Waals surface area contributed by atoms with Crippen molar-refractivity contribution in [2.24, 2.45) is 0 Å². The van der Waals surface area contributed by atoms with Gasteiger partial charge in [-0.2, -0.15) is 4.98 Å². The van der Waals surface area contributed by atoms with Crippen LogP contribution >= 0.6 is 15.9 Å². The van der Waals surface area contributed by atoms with Gasteiger partial charge in [0.05, 0.1) is 22.0 Å². The fourth-order valence-electron chi connectivity index (χ4n) is 4.65. The van der Waals surface area contributed by atoms with Gasteiger partial charge in [-0.1, -0.05) is 12.1 Å². The third-order valence-electron chi connectivity index (χ3n) is 6.15. The van der Waals surface area contributed by atoms with Crippen LogP contribution in [0.15, 0.2) is 45.7 Å². The summed E-state index contributed by atoms with van der Waals surface area (Å²) in [6.45, 7) is 9.52. The first-order valence-electron chi connectivity index (χ1n) is 9.73. The number of fused-ring (bicyclic) bond motifs is 5. The summed E-state index contributed by atoms with van der Waals surface area (Å²) >= 11 is 3.54. The molecule has 0 spiro atoms. The Labute approximate surface area is 172 Å². The van der Waals surface area contributed by atoms with E-state index in [9.17, 15) is 4.79 Å². The van der Waals surface area contributed by atoms with Crippen molar-refractivity contribution in [3.8, 4) is 5.69 Å². The summed E-state index contributed by atoms with van der Waals surface area (Å²) in [6, 6.07) is 13.0. The monoisotopic (exact) mass is 438 g/mol. The number of halogens is 1. The van der Waals surface area contributed by atoms with Gasteiger partial charge >= 0.3 is 0 Å². The molecule has 1 atom stereocenters. The van der Waals surface area contributed by atoms with Crippen LogP contribution in [0.3, 0.4) is 0 Å². The van der Waals surface area contributed by atoms with Gasteiger partial charge < -0.3 is 10.2 Å².